The fourth-order valence-electron chi connectivity index (χ4n) is 0.514. The molecule has 1 N–H and O–H groups in total. The molecular weight excluding hydrogens is 152 g/mol. The van der Waals surface area contributed by atoms with Gasteiger partial charge in [0.15, 0.2) is 9.84 Å². The second-order valence-corrected chi connectivity index (χ2v) is 4.74. The topological polar surface area (TPSA) is 54.4 Å². The molecule has 0 aliphatic heterocycles. The highest BCUT2D eigenvalue weighted by Crippen LogP contribution is 2.05. The number of hydrogen-bond donors (Lipinski definition) is 1. The van der Waals surface area contributed by atoms with Crippen molar-refractivity contribution < 1.29 is 13.5 Å². The minimum absolute atomic E-state index is 0.0338. The van der Waals surface area contributed by atoms with Crippen molar-refractivity contribution >= 4 is 9.84 Å². The highest BCUT2D eigenvalue weighted by Gasteiger charge is 2.22. The predicted octanol–water partition coefficient (Wildman–Crippen LogP) is 0.00459. The third-order valence-electron chi connectivity index (χ3n) is 1.40. The molecule has 0 aliphatic carbocycles. The number of sulfone groups is 1. The van der Waals surface area contributed by atoms with E-state index in [0.29, 0.717) is 0 Å². The zero-order valence-electron chi connectivity index (χ0n) is 6.24. The smallest absolute Gasteiger partial charge is 0.155 e. The van der Waals surface area contributed by atoms with Crippen LogP contribution in [0.4, 0.5) is 0 Å². The summed E-state index contributed by atoms with van der Waals surface area (Å²) in [6.45, 7) is 6.30. The Morgan fingerprint density at radius 3 is 2.10 bits per heavy atom. The summed E-state index contributed by atoms with van der Waals surface area (Å²) in [5.74, 6) is 0.0338. The van der Waals surface area contributed by atoms with Crippen LogP contribution in [0.1, 0.15) is 13.8 Å². The van der Waals surface area contributed by atoms with Crippen LogP contribution in [0.2, 0.25) is 0 Å². The lowest BCUT2D eigenvalue weighted by molar-refractivity contribution is 0.199. The van der Waals surface area contributed by atoms with E-state index in [-0.39, 0.29) is 5.75 Å². The molecule has 4 heteroatoms. The van der Waals surface area contributed by atoms with Gasteiger partial charge in [0.2, 0.25) is 0 Å². The van der Waals surface area contributed by atoms with Gasteiger partial charge >= 0.3 is 0 Å². The van der Waals surface area contributed by atoms with E-state index in [2.05, 4.69) is 6.92 Å². The molecule has 0 fully saturated rings. The maximum Gasteiger partial charge on any atom is 0.155 e. The summed E-state index contributed by atoms with van der Waals surface area (Å²) in [6, 6.07) is 0. The van der Waals surface area contributed by atoms with E-state index in [1.54, 1.807) is 0 Å². The average molecular weight is 165 g/mol. The molecule has 3 nitrogen and oxygen atoms in total. The third kappa shape index (κ3) is 2.27. The molecule has 10 heavy (non-hydrogen) atoms. The lowest BCUT2D eigenvalue weighted by Crippen LogP contribution is -2.30. The van der Waals surface area contributed by atoms with Crippen molar-refractivity contribution in [3.8, 4) is 0 Å². The molecule has 0 heterocycles. The van der Waals surface area contributed by atoms with Gasteiger partial charge in [0.25, 0.3) is 0 Å². The lowest BCUT2D eigenvalue weighted by atomic mass is 10.3. The summed E-state index contributed by atoms with van der Waals surface area (Å²) in [7, 11) is -3.16. The summed E-state index contributed by atoms with van der Waals surface area (Å²) in [4.78, 5) is 0. The van der Waals surface area contributed by atoms with Gasteiger partial charge in [0, 0.05) is 5.75 Å². The molecule has 2 unspecified atom stereocenters. The summed E-state index contributed by atoms with van der Waals surface area (Å²) in [6.07, 6.45) is -0.884. The van der Waals surface area contributed by atoms with Crippen molar-refractivity contribution in [2.24, 2.45) is 0 Å². The van der Waals surface area contributed by atoms with Crippen LogP contribution in [-0.4, -0.2) is 30.6 Å². The predicted molar refractivity (Wildman–Crippen MR) is 40.3 cm³/mol. The Labute approximate surface area is 62.0 Å². The molecule has 0 rings (SSSR count). The quantitative estimate of drug-likeness (QED) is 0.640. The normalized spacial score (nSPS) is 18.4. The van der Waals surface area contributed by atoms with Crippen molar-refractivity contribution in [1.82, 2.24) is 0 Å². The van der Waals surface area contributed by atoms with Gasteiger partial charge in [-0.15, -0.1) is 0 Å². The maximum absolute atomic E-state index is 10.9. The van der Waals surface area contributed by atoms with Gasteiger partial charge in [0.05, 0.1) is 11.4 Å². The molecule has 0 spiro atoms. The molecule has 61 valence electrons. The highest BCUT2D eigenvalue weighted by atomic mass is 32.2. The molecule has 0 saturated carbocycles. The SMILES string of the molecule is [CH2]C(C(C)O)S(=O)(=O)CC. The first kappa shape index (κ1) is 9.91. The summed E-state index contributed by atoms with van der Waals surface area (Å²) < 4.78 is 21.8. The second-order valence-electron chi connectivity index (χ2n) is 2.23. The van der Waals surface area contributed by atoms with Crippen LogP contribution in [0.3, 0.4) is 0 Å². The van der Waals surface area contributed by atoms with E-state index in [1.165, 1.54) is 13.8 Å². The molecule has 1 radical (unpaired) electrons. The monoisotopic (exact) mass is 165 g/mol. The van der Waals surface area contributed by atoms with Gasteiger partial charge in [-0.05, 0) is 13.8 Å². The molecule has 0 bridgehead atoms. The van der Waals surface area contributed by atoms with Crippen molar-refractivity contribution in [1.29, 1.82) is 0 Å². The first-order valence-corrected chi connectivity index (χ1v) is 4.86. The van der Waals surface area contributed by atoms with Crippen LogP contribution < -0.4 is 0 Å². The molecule has 0 amide bonds. The van der Waals surface area contributed by atoms with Gasteiger partial charge < -0.3 is 5.11 Å². The van der Waals surface area contributed by atoms with Gasteiger partial charge in [-0.1, -0.05) is 6.92 Å². The summed E-state index contributed by atoms with van der Waals surface area (Å²) in [5, 5.41) is 7.95. The van der Waals surface area contributed by atoms with Gasteiger partial charge in [-0.25, -0.2) is 8.42 Å². The third-order valence-corrected chi connectivity index (χ3v) is 3.52. The maximum atomic E-state index is 10.9. The minimum atomic E-state index is -3.16. The molecule has 2 atom stereocenters. The van der Waals surface area contributed by atoms with Gasteiger partial charge in [0.1, 0.15) is 0 Å². The van der Waals surface area contributed by atoms with Crippen LogP contribution in [-0.2, 0) is 9.84 Å². The summed E-state index contributed by atoms with van der Waals surface area (Å²) >= 11 is 0. The van der Waals surface area contributed by atoms with E-state index >= 15 is 0 Å². The Hall–Kier alpha value is -0.0900. The second kappa shape index (κ2) is 3.34. The van der Waals surface area contributed by atoms with E-state index in [9.17, 15) is 8.42 Å². The van der Waals surface area contributed by atoms with E-state index < -0.39 is 21.2 Å². The van der Waals surface area contributed by atoms with Gasteiger partial charge in [-0.3, -0.25) is 0 Å². The first-order chi connectivity index (χ1) is 4.41. The van der Waals surface area contributed by atoms with Crippen LogP contribution in [0.5, 0.6) is 0 Å². The largest absolute Gasteiger partial charge is 0.392 e. The fourth-order valence-corrected chi connectivity index (χ4v) is 1.54. The molecule has 0 aliphatic rings. The Morgan fingerprint density at radius 1 is 1.60 bits per heavy atom. The Morgan fingerprint density at radius 2 is 2.00 bits per heavy atom. The molecule has 0 aromatic carbocycles. The van der Waals surface area contributed by atoms with Crippen molar-refractivity contribution in [3.05, 3.63) is 6.92 Å². The minimum Gasteiger partial charge on any atom is -0.392 e. The van der Waals surface area contributed by atoms with Gasteiger partial charge in [-0.2, -0.15) is 0 Å². The number of aliphatic hydroxyl groups excluding tert-OH is 1. The first-order valence-electron chi connectivity index (χ1n) is 3.14. The van der Waals surface area contributed by atoms with Crippen molar-refractivity contribution in [3.63, 3.8) is 0 Å². The van der Waals surface area contributed by atoms with Crippen LogP contribution in [0, 0.1) is 6.92 Å². The fraction of sp³-hybridized carbons (Fsp3) is 0.833. The van der Waals surface area contributed by atoms with E-state index in [0.717, 1.165) is 0 Å². The summed E-state index contributed by atoms with van der Waals surface area (Å²) in [5.41, 5.74) is 0. The average Bonchev–Trinajstić information content (AvgIpc) is 1.86. The van der Waals surface area contributed by atoms with E-state index in [4.69, 9.17) is 5.11 Å². The molecular formula is C6H13O3S. The number of rotatable bonds is 3. The van der Waals surface area contributed by atoms with E-state index in [1.807, 2.05) is 0 Å². The highest BCUT2D eigenvalue weighted by molar-refractivity contribution is 7.92. The van der Waals surface area contributed by atoms with Crippen LogP contribution >= 0.6 is 0 Å². The number of aliphatic hydroxyl groups is 1. The van der Waals surface area contributed by atoms with Crippen LogP contribution in [0.25, 0.3) is 0 Å². The number of hydrogen-bond acceptors (Lipinski definition) is 3. The Balaban J connectivity index is 4.35. The lowest BCUT2D eigenvalue weighted by Gasteiger charge is -2.13. The zero-order valence-corrected chi connectivity index (χ0v) is 7.06. The van der Waals surface area contributed by atoms with Crippen LogP contribution in [0.15, 0.2) is 0 Å². The molecule has 0 aromatic rings. The Bertz CT molecular complexity index is 181. The van der Waals surface area contributed by atoms with Crippen molar-refractivity contribution in [2.45, 2.75) is 25.2 Å². The van der Waals surface area contributed by atoms with Crippen molar-refractivity contribution in [2.75, 3.05) is 5.75 Å². The standard InChI is InChI=1S/C6H13O3S/c1-4-10(8,9)6(3)5(2)7/h5-7H,3-4H2,1-2H3. The molecule has 0 aromatic heterocycles. The molecule has 0 saturated heterocycles. The zero-order chi connectivity index (χ0) is 8.36. The Kier molecular flexibility index (Phi) is 3.31.